The van der Waals surface area contributed by atoms with Crippen LogP contribution < -0.4 is 15.5 Å². The number of hydrogen-bond acceptors (Lipinski definition) is 6. The fourth-order valence-electron chi connectivity index (χ4n) is 2.53. The molecule has 0 aromatic heterocycles. The van der Waals surface area contributed by atoms with Gasteiger partial charge in [-0.2, -0.15) is 5.10 Å². The second-order valence-corrected chi connectivity index (χ2v) is 6.87. The molecule has 9 heteroatoms. The molecule has 31 heavy (non-hydrogen) atoms. The summed E-state index contributed by atoms with van der Waals surface area (Å²) in [6, 6.07) is 20.4. The molecule has 0 aliphatic carbocycles. The Morgan fingerprint density at radius 3 is 2.55 bits per heavy atom. The summed E-state index contributed by atoms with van der Waals surface area (Å²) >= 11 is 5.82. The second-order valence-electron chi connectivity index (χ2n) is 6.44. The number of hydrogen-bond donors (Lipinski definition) is 2. The fourth-order valence-corrected chi connectivity index (χ4v) is 2.66. The zero-order chi connectivity index (χ0) is 22.1. The Labute approximate surface area is 183 Å². The van der Waals surface area contributed by atoms with E-state index in [-0.39, 0.29) is 24.7 Å². The van der Waals surface area contributed by atoms with Gasteiger partial charge in [0.05, 0.1) is 17.7 Å². The molecule has 0 saturated carbocycles. The van der Waals surface area contributed by atoms with Crippen LogP contribution in [0.15, 0.2) is 77.9 Å². The van der Waals surface area contributed by atoms with Gasteiger partial charge in [-0.05, 0) is 59.7 Å². The van der Waals surface area contributed by atoms with Gasteiger partial charge >= 0.3 is 0 Å². The number of amides is 1. The molecule has 0 radical (unpaired) electrons. The minimum atomic E-state index is -0.444. The second kappa shape index (κ2) is 10.7. The van der Waals surface area contributed by atoms with Crippen LogP contribution in [-0.2, 0) is 11.4 Å². The highest BCUT2D eigenvalue weighted by Gasteiger charge is 2.04. The van der Waals surface area contributed by atoms with Crippen molar-refractivity contribution in [1.29, 1.82) is 0 Å². The number of non-ortho nitro benzene ring substituents is 1. The predicted octanol–water partition coefficient (Wildman–Crippen LogP) is 4.39. The third-order valence-corrected chi connectivity index (χ3v) is 4.36. The van der Waals surface area contributed by atoms with Gasteiger partial charge in [0.2, 0.25) is 0 Å². The molecule has 0 fully saturated rings. The highest BCUT2D eigenvalue weighted by atomic mass is 35.5. The zero-order valence-electron chi connectivity index (χ0n) is 16.3. The number of anilines is 1. The summed E-state index contributed by atoms with van der Waals surface area (Å²) in [5, 5.41) is 18.2. The summed E-state index contributed by atoms with van der Waals surface area (Å²) in [5.74, 6) is 0.315. The van der Waals surface area contributed by atoms with E-state index in [1.807, 2.05) is 6.07 Å². The standard InChI is InChI=1S/C22H19ClN4O4/c23-18-6-8-19(9-7-18)24-14-22(28)26-25-13-17-2-1-3-21(12-17)31-15-16-4-10-20(11-5-16)27(29)30/h1-13,24H,14-15H2,(H,26,28)/b25-13-. The molecule has 0 spiro atoms. The van der Waals surface area contributed by atoms with E-state index in [0.29, 0.717) is 10.8 Å². The van der Waals surface area contributed by atoms with Gasteiger partial charge in [-0.1, -0.05) is 23.7 Å². The lowest BCUT2D eigenvalue weighted by atomic mass is 10.2. The number of nitro benzene ring substituents is 1. The molecule has 0 saturated heterocycles. The molecule has 0 heterocycles. The summed E-state index contributed by atoms with van der Waals surface area (Å²) in [6.45, 7) is 0.336. The summed E-state index contributed by atoms with van der Waals surface area (Å²) in [7, 11) is 0. The minimum Gasteiger partial charge on any atom is -0.489 e. The molecule has 0 bridgehead atoms. The van der Waals surface area contributed by atoms with E-state index in [0.717, 1.165) is 16.8 Å². The average Bonchev–Trinajstić information content (AvgIpc) is 2.78. The lowest BCUT2D eigenvalue weighted by Gasteiger charge is -2.07. The van der Waals surface area contributed by atoms with Gasteiger partial charge in [-0.15, -0.1) is 0 Å². The molecule has 0 aliphatic heterocycles. The maximum atomic E-state index is 11.9. The minimum absolute atomic E-state index is 0.0346. The number of ether oxygens (including phenoxy) is 1. The third kappa shape index (κ3) is 7.13. The van der Waals surface area contributed by atoms with E-state index in [1.54, 1.807) is 54.6 Å². The Balaban J connectivity index is 1.46. The average molecular weight is 439 g/mol. The predicted molar refractivity (Wildman–Crippen MR) is 120 cm³/mol. The van der Waals surface area contributed by atoms with Crippen molar-refractivity contribution in [3.05, 3.63) is 99.1 Å². The molecule has 0 unspecified atom stereocenters. The molecule has 3 rings (SSSR count). The number of nitro groups is 1. The van der Waals surface area contributed by atoms with Crippen molar-refractivity contribution < 1.29 is 14.5 Å². The number of benzene rings is 3. The lowest BCUT2D eigenvalue weighted by Crippen LogP contribution is -2.25. The summed E-state index contributed by atoms with van der Waals surface area (Å²) < 4.78 is 5.72. The number of hydrazone groups is 1. The topological polar surface area (TPSA) is 106 Å². The van der Waals surface area contributed by atoms with Gasteiger partial charge in [-0.3, -0.25) is 14.9 Å². The van der Waals surface area contributed by atoms with Crippen molar-refractivity contribution in [3.8, 4) is 5.75 Å². The van der Waals surface area contributed by atoms with E-state index in [2.05, 4.69) is 15.8 Å². The van der Waals surface area contributed by atoms with E-state index in [4.69, 9.17) is 16.3 Å². The van der Waals surface area contributed by atoms with Crippen LogP contribution in [0.2, 0.25) is 5.02 Å². The van der Waals surface area contributed by atoms with Crippen LogP contribution in [0.1, 0.15) is 11.1 Å². The van der Waals surface area contributed by atoms with Crippen molar-refractivity contribution in [2.45, 2.75) is 6.61 Å². The number of nitrogens with zero attached hydrogens (tertiary/aromatic N) is 2. The SMILES string of the molecule is O=C(CNc1ccc(Cl)cc1)N/N=C\c1cccc(OCc2ccc([N+](=O)[O-])cc2)c1. The van der Waals surface area contributed by atoms with Crippen LogP contribution in [0.4, 0.5) is 11.4 Å². The van der Waals surface area contributed by atoms with Crippen LogP contribution in [-0.4, -0.2) is 23.6 Å². The van der Waals surface area contributed by atoms with Crippen molar-refractivity contribution in [2.24, 2.45) is 5.10 Å². The van der Waals surface area contributed by atoms with Gasteiger partial charge in [-0.25, -0.2) is 5.43 Å². The van der Waals surface area contributed by atoms with Gasteiger partial charge in [0.1, 0.15) is 12.4 Å². The zero-order valence-corrected chi connectivity index (χ0v) is 17.1. The molecule has 158 valence electrons. The van der Waals surface area contributed by atoms with Crippen LogP contribution in [0.25, 0.3) is 0 Å². The van der Waals surface area contributed by atoms with Crippen LogP contribution >= 0.6 is 11.6 Å². The fraction of sp³-hybridized carbons (Fsp3) is 0.0909. The Morgan fingerprint density at radius 2 is 1.84 bits per heavy atom. The third-order valence-electron chi connectivity index (χ3n) is 4.11. The molecular weight excluding hydrogens is 420 g/mol. The molecule has 8 nitrogen and oxygen atoms in total. The van der Waals surface area contributed by atoms with E-state index in [1.165, 1.54) is 18.3 Å². The maximum absolute atomic E-state index is 11.9. The van der Waals surface area contributed by atoms with E-state index < -0.39 is 4.92 Å². The van der Waals surface area contributed by atoms with Crippen LogP contribution in [0, 0.1) is 10.1 Å². The first-order valence-corrected chi connectivity index (χ1v) is 9.65. The van der Waals surface area contributed by atoms with Crippen molar-refractivity contribution in [2.75, 3.05) is 11.9 Å². The number of nitrogens with one attached hydrogen (secondary N) is 2. The Hall–Kier alpha value is -3.91. The van der Waals surface area contributed by atoms with Crippen molar-refractivity contribution in [3.63, 3.8) is 0 Å². The monoisotopic (exact) mass is 438 g/mol. The molecule has 2 N–H and O–H groups in total. The quantitative estimate of drug-likeness (QED) is 0.293. The van der Waals surface area contributed by atoms with Crippen molar-refractivity contribution in [1.82, 2.24) is 5.43 Å². The van der Waals surface area contributed by atoms with Crippen molar-refractivity contribution >= 4 is 35.1 Å². The summed E-state index contributed by atoms with van der Waals surface area (Å²) in [6.07, 6.45) is 1.51. The Kier molecular flexibility index (Phi) is 7.56. The molecular formula is C22H19ClN4O4. The van der Waals surface area contributed by atoms with E-state index >= 15 is 0 Å². The number of rotatable bonds is 9. The van der Waals surface area contributed by atoms with Gasteiger partial charge in [0, 0.05) is 22.8 Å². The number of carbonyl (C=O) groups excluding carboxylic acids is 1. The van der Waals surface area contributed by atoms with Gasteiger partial charge in [0.15, 0.2) is 0 Å². The normalized spacial score (nSPS) is 10.6. The highest BCUT2D eigenvalue weighted by molar-refractivity contribution is 6.30. The Morgan fingerprint density at radius 1 is 1.10 bits per heavy atom. The number of halogens is 1. The van der Waals surface area contributed by atoms with Crippen LogP contribution in [0.3, 0.4) is 0 Å². The maximum Gasteiger partial charge on any atom is 0.269 e. The molecule has 3 aromatic carbocycles. The largest absolute Gasteiger partial charge is 0.489 e. The van der Waals surface area contributed by atoms with E-state index in [9.17, 15) is 14.9 Å². The molecule has 3 aromatic rings. The van der Waals surface area contributed by atoms with Crippen LogP contribution in [0.5, 0.6) is 5.75 Å². The van der Waals surface area contributed by atoms with Gasteiger partial charge in [0.25, 0.3) is 11.6 Å². The smallest absolute Gasteiger partial charge is 0.269 e. The first-order chi connectivity index (χ1) is 15.0. The molecule has 1 amide bonds. The lowest BCUT2D eigenvalue weighted by molar-refractivity contribution is -0.384. The van der Waals surface area contributed by atoms with Gasteiger partial charge < -0.3 is 10.1 Å². The molecule has 0 atom stereocenters. The first kappa shape index (κ1) is 21.8. The number of carbonyl (C=O) groups is 1. The molecule has 0 aliphatic rings. The first-order valence-electron chi connectivity index (χ1n) is 9.27. The summed E-state index contributed by atoms with van der Waals surface area (Å²) in [4.78, 5) is 22.1. The highest BCUT2D eigenvalue weighted by Crippen LogP contribution is 2.17. The Bertz CT molecular complexity index is 1070. The summed E-state index contributed by atoms with van der Waals surface area (Å²) in [5.41, 5.74) is 4.82.